The van der Waals surface area contributed by atoms with Gasteiger partial charge in [-0.3, -0.25) is 4.79 Å². The van der Waals surface area contributed by atoms with Crippen molar-refractivity contribution in [3.05, 3.63) is 35.4 Å². The van der Waals surface area contributed by atoms with Gasteiger partial charge in [0.1, 0.15) is 6.10 Å². The van der Waals surface area contributed by atoms with E-state index in [1.54, 1.807) is 12.1 Å². The molecule has 2 rings (SSSR count). The first kappa shape index (κ1) is 14.5. The molecule has 0 unspecified atom stereocenters. The molecule has 0 saturated carbocycles. The summed E-state index contributed by atoms with van der Waals surface area (Å²) < 4.78 is 9.94. The Morgan fingerprint density at radius 3 is 2.70 bits per heavy atom. The SMILES string of the molecule is COC(=O)c1ccc(CCNC(=O)[C@@H]2CCCO2)cc1. The second-order valence-electron chi connectivity index (χ2n) is 4.73. The minimum atomic E-state index is -0.344. The average Bonchev–Trinajstić information content (AvgIpc) is 3.01. The van der Waals surface area contributed by atoms with Crippen molar-refractivity contribution in [1.82, 2.24) is 5.32 Å². The van der Waals surface area contributed by atoms with Gasteiger partial charge in [-0.1, -0.05) is 12.1 Å². The maximum atomic E-state index is 11.7. The standard InChI is InChI=1S/C15H19NO4/c1-19-15(18)12-6-4-11(5-7-12)8-9-16-14(17)13-3-2-10-20-13/h4-7,13H,2-3,8-10H2,1H3,(H,16,17)/t13-/m0/s1. The summed E-state index contributed by atoms with van der Waals surface area (Å²) in [5, 5.41) is 2.87. The van der Waals surface area contributed by atoms with Gasteiger partial charge in [0.2, 0.25) is 5.91 Å². The third-order valence-corrected chi connectivity index (χ3v) is 3.31. The van der Waals surface area contributed by atoms with Crippen LogP contribution < -0.4 is 5.32 Å². The quantitative estimate of drug-likeness (QED) is 0.824. The number of hydrogen-bond acceptors (Lipinski definition) is 4. The van der Waals surface area contributed by atoms with Gasteiger partial charge in [0, 0.05) is 13.2 Å². The fraction of sp³-hybridized carbons (Fsp3) is 0.467. The van der Waals surface area contributed by atoms with Gasteiger partial charge in [-0.05, 0) is 37.0 Å². The lowest BCUT2D eigenvalue weighted by Gasteiger charge is -2.10. The van der Waals surface area contributed by atoms with Crippen molar-refractivity contribution in [2.24, 2.45) is 0 Å². The monoisotopic (exact) mass is 277 g/mol. The van der Waals surface area contributed by atoms with Crippen LogP contribution in [0.25, 0.3) is 0 Å². The number of carbonyl (C=O) groups is 2. The van der Waals surface area contributed by atoms with E-state index in [0.717, 1.165) is 24.8 Å². The van der Waals surface area contributed by atoms with Crippen LogP contribution >= 0.6 is 0 Å². The third-order valence-electron chi connectivity index (χ3n) is 3.31. The Hall–Kier alpha value is -1.88. The predicted octanol–water partition coefficient (Wildman–Crippen LogP) is 1.31. The van der Waals surface area contributed by atoms with Crippen LogP contribution in [0.3, 0.4) is 0 Å². The van der Waals surface area contributed by atoms with Gasteiger partial charge in [0.15, 0.2) is 0 Å². The number of hydrogen-bond donors (Lipinski definition) is 1. The van der Waals surface area contributed by atoms with Gasteiger partial charge in [0.05, 0.1) is 12.7 Å². The largest absolute Gasteiger partial charge is 0.465 e. The van der Waals surface area contributed by atoms with E-state index in [1.165, 1.54) is 7.11 Å². The summed E-state index contributed by atoms with van der Waals surface area (Å²) in [5.41, 5.74) is 1.59. The molecule has 0 aromatic heterocycles. The zero-order chi connectivity index (χ0) is 14.4. The number of nitrogens with one attached hydrogen (secondary N) is 1. The number of esters is 1. The molecule has 1 aromatic rings. The van der Waals surface area contributed by atoms with Crippen molar-refractivity contribution in [2.75, 3.05) is 20.3 Å². The Morgan fingerprint density at radius 2 is 2.10 bits per heavy atom. The molecule has 1 aliphatic rings. The normalized spacial score (nSPS) is 17.8. The molecule has 0 aliphatic carbocycles. The number of benzene rings is 1. The first-order valence-electron chi connectivity index (χ1n) is 6.77. The molecule has 108 valence electrons. The molecule has 1 N–H and O–H groups in total. The molecule has 0 spiro atoms. The molecular formula is C15H19NO4. The third kappa shape index (κ3) is 3.81. The van der Waals surface area contributed by atoms with E-state index in [0.29, 0.717) is 18.7 Å². The van der Waals surface area contributed by atoms with Gasteiger partial charge in [0.25, 0.3) is 0 Å². The highest BCUT2D eigenvalue weighted by molar-refractivity contribution is 5.89. The summed E-state index contributed by atoms with van der Waals surface area (Å²) in [6, 6.07) is 7.18. The van der Waals surface area contributed by atoms with Gasteiger partial charge in [-0.15, -0.1) is 0 Å². The molecule has 20 heavy (non-hydrogen) atoms. The second kappa shape index (κ2) is 7.05. The topological polar surface area (TPSA) is 64.6 Å². The lowest BCUT2D eigenvalue weighted by Crippen LogP contribution is -2.35. The molecule has 0 radical (unpaired) electrons. The highest BCUT2D eigenvalue weighted by Crippen LogP contribution is 2.11. The van der Waals surface area contributed by atoms with Crippen LogP contribution in [-0.2, 0) is 20.7 Å². The van der Waals surface area contributed by atoms with Gasteiger partial charge >= 0.3 is 5.97 Å². The van der Waals surface area contributed by atoms with Crippen molar-refractivity contribution < 1.29 is 19.1 Å². The van der Waals surface area contributed by atoms with E-state index in [2.05, 4.69) is 10.1 Å². The zero-order valence-corrected chi connectivity index (χ0v) is 11.6. The smallest absolute Gasteiger partial charge is 0.337 e. The number of methoxy groups -OCH3 is 1. The fourth-order valence-electron chi connectivity index (χ4n) is 2.15. The molecular weight excluding hydrogens is 258 g/mol. The van der Waals surface area contributed by atoms with Crippen LogP contribution in [0.2, 0.25) is 0 Å². The van der Waals surface area contributed by atoms with Gasteiger partial charge in [-0.2, -0.15) is 0 Å². The Morgan fingerprint density at radius 1 is 1.35 bits per heavy atom. The van der Waals surface area contributed by atoms with Crippen LogP contribution in [0.5, 0.6) is 0 Å². The van der Waals surface area contributed by atoms with Crippen molar-refractivity contribution in [2.45, 2.75) is 25.4 Å². The lowest BCUT2D eigenvalue weighted by molar-refractivity contribution is -0.129. The Labute approximate surface area is 118 Å². The Kier molecular flexibility index (Phi) is 5.12. The van der Waals surface area contributed by atoms with E-state index in [1.807, 2.05) is 12.1 Å². The molecule has 1 amide bonds. The van der Waals surface area contributed by atoms with Crippen LogP contribution in [0, 0.1) is 0 Å². The summed E-state index contributed by atoms with van der Waals surface area (Å²) in [4.78, 5) is 23.0. The van der Waals surface area contributed by atoms with E-state index in [4.69, 9.17) is 4.74 Å². The number of ether oxygens (including phenoxy) is 2. The minimum Gasteiger partial charge on any atom is -0.465 e. The van der Waals surface area contributed by atoms with Crippen LogP contribution in [0.4, 0.5) is 0 Å². The maximum absolute atomic E-state index is 11.7. The van der Waals surface area contributed by atoms with E-state index < -0.39 is 0 Å². The zero-order valence-electron chi connectivity index (χ0n) is 11.6. The molecule has 0 bridgehead atoms. The summed E-state index contributed by atoms with van der Waals surface area (Å²) in [5.74, 6) is -0.378. The van der Waals surface area contributed by atoms with Crippen molar-refractivity contribution in [1.29, 1.82) is 0 Å². The molecule has 5 heteroatoms. The number of amides is 1. The second-order valence-corrected chi connectivity index (χ2v) is 4.73. The molecule has 1 saturated heterocycles. The molecule has 1 aliphatic heterocycles. The van der Waals surface area contributed by atoms with Crippen LogP contribution in [-0.4, -0.2) is 38.2 Å². The van der Waals surface area contributed by atoms with Crippen molar-refractivity contribution >= 4 is 11.9 Å². The predicted molar refractivity (Wildman–Crippen MR) is 73.5 cm³/mol. The molecule has 1 heterocycles. The lowest BCUT2D eigenvalue weighted by atomic mass is 10.1. The Bertz CT molecular complexity index is 463. The molecule has 5 nitrogen and oxygen atoms in total. The van der Waals surface area contributed by atoms with Crippen LogP contribution in [0.15, 0.2) is 24.3 Å². The first-order valence-corrected chi connectivity index (χ1v) is 6.77. The fourth-order valence-corrected chi connectivity index (χ4v) is 2.15. The summed E-state index contributed by atoms with van der Waals surface area (Å²) in [7, 11) is 1.36. The summed E-state index contributed by atoms with van der Waals surface area (Å²) >= 11 is 0. The number of carbonyl (C=O) groups excluding carboxylic acids is 2. The molecule has 1 aromatic carbocycles. The number of rotatable bonds is 5. The van der Waals surface area contributed by atoms with E-state index in [9.17, 15) is 9.59 Å². The first-order chi connectivity index (χ1) is 9.70. The molecule has 1 fully saturated rings. The summed E-state index contributed by atoms with van der Waals surface area (Å²) in [6.45, 7) is 1.24. The highest BCUT2D eigenvalue weighted by atomic mass is 16.5. The average molecular weight is 277 g/mol. The molecule has 1 atom stereocenters. The van der Waals surface area contributed by atoms with E-state index >= 15 is 0 Å². The van der Waals surface area contributed by atoms with Crippen molar-refractivity contribution in [3.8, 4) is 0 Å². The Balaban J connectivity index is 1.76. The van der Waals surface area contributed by atoms with Gasteiger partial charge < -0.3 is 14.8 Å². The van der Waals surface area contributed by atoms with Gasteiger partial charge in [-0.25, -0.2) is 4.79 Å². The van der Waals surface area contributed by atoms with E-state index in [-0.39, 0.29) is 18.0 Å². The van der Waals surface area contributed by atoms with Crippen LogP contribution in [0.1, 0.15) is 28.8 Å². The highest BCUT2D eigenvalue weighted by Gasteiger charge is 2.22. The maximum Gasteiger partial charge on any atom is 0.337 e. The summed E-state index contributed by atoms with van der Waals surface area (Å²) in [6.07, 6.45) is 2.20. The van der Waals surface area contributed by atoms with Crippen molar-refractivity contribution in [3.63, 3.8) is 0 Å². The minimum absolute atomic E-state index is 0.0336.